The van der Waals surface area contributed by atoms with Gasteiger partial charge >= 0.3 is 5.97 Å². The van der Waals surface area contributed by atoms with Crippen LogP contribution in [-0.4, -0.2) is 24.5 Å². The summed E-state index contributed by atoms with van der Waals surface area (Å²) in [6.07, 6.45) is 12.0. The van der Waals surface area contributed by atoms with Crippen LogP contribution in [0.15, 0.2) is 18.2 Å². The first-order valence-electron chi connectivity index (χ1n) is 10.4. The molecule has 0 aliphatic rings. The Kier molecular flexibility index (Phi) is 12.1. The van der Waals surface area contributed by atoms with E-state index in [-0.39, 0.29) is 5.56 Å². The second kappa shape index (κ2) is 14.1. The molecule has 0 radical (unpaired) electrons. The molecule has 0 aliphatic heterocycles. The number of hydrogen-bond donors (Lipinski definition) is 1. The molecule has 0 aromatic heterocycles. The van der Waals surface area contributed by atoms with Gasteiger partial charge in [-0.25, -0.2) is 13.6 Å². The smallest absolute Gasteiger partial charge is 0.328 e. The Morgan fingerprint density at radius 2 is 1.50 bits per heavy atom. The van der Waals surface area contributed by atoms with Gasteiger partial charge in [0.2, 0.25) is 0 Å². The largest absolute Gasteiger partial charge is 0.464 e. The second-order valence-electron chi connectivity index (χ2n) is 7.17. The molecular weight excluding hydrogens is 364 g/mol. The van der Waals surface area contributed by atoms with Crippen LogP contribution in [0.1, 0.15) is 88.4 Å². The maximum atomic E-state index is 13.2. The van der Waals surface area contributed by atoms with E-state index in [1.807, 2.05) is 0 Å². The third kappa shape index (κ3) is 9.81. The molecule has 1 amide bonds. The predicted molar refractivity (Wildman–Crippen MR) is 106 cm³/mol. The molecule has 1 atom stereocenters. The summed E-state index contributed by atoms with van der Waals surface area (Å²) in [4.78, 5) is 23.9. The minimum atomic E-state index is -1.11. The third-order valence-electron chi connectivity index (χ3n) is 4.63. The number of carbonyl (C=O) groups excluding carboxylic acids is 2. The molecule has 1 aromatic carbocycles. The Morgan fingerprint density at radius 3 is 2.07 bits per heavy atom. The van der Waals surface area contributed by atoms with Crippen LogP contribution >= 0.6 is 0 Å². The molecular formula is C22H33F2NO3. The van der Waals surface area contributed by atoms with Crippen molar-refractivity contribution in [1.82, 2.24) is 5.32 Å². The van der Waals surface area contributed by atoms with Gasteiger partial charge in [0, 0.05) is 5.56 Å². The van der Waals surface area contributed by atoms with Crippen LogP contribution in [0.3, 0.4) is 0 Å². The minimum absolute atomic E-state index is 0.0479. The van der Waals surface area contributed by atoms with E-state index in [0.717, 1.165) is 37.5 Å². The van der Waals surface area contributed by atoms with Crippen molar-refractivity contribution in [3.8, 4) is 0 Å². The zero-order chi connectivity index (χ0) is 20.8. The molecule has 0 bridgehead atoms. The summed E-state index contributed by atoms with van der Waals surface area (Å²) in [5.74, 6) is -3.32. The van der Waals surface area contributed by atoms with Crippen molar-refractivity contribution < 1.29 is 23.1 Å². The summed E-state index contributed by atoms with van der Waals surface area (Å²) >= 11 is 0. The van der Waals surface area contributed by atoms with Crippen LogP contribution in [0.5, 0.6) is 0 Å². The average molecular weight is 398 g/mol. The molecule has 28 heavy (non-hydrogen) atoms. The number of ether oxygens (including phenoxy) is 1. The summed E-state index contributed by atoms with van der Waals surface area (Å²) < 4.78 is 31.2. The molecule has 1 aromatic rings. The molecule has 0 saturated heterocycles. The maximum absolute atomic E-state index is 13.2. The van der Waals surface area contributed by atoms with Crippen LogP contribution in [0.25, 0.3) is 0 Å². The van der Waals surface area contributed by atoms with E-state index in [2.05, 4.69) is 12.2 Å². The highest BCUT2D eigenvalue weighted by atomic mass is 19.2. The fraction of sp³-hybridized carbons (Fsp3) is 0.636. The van der Waals surface area contributed by atoms with E-state index < -0.39 is 29.6 Å². The zero-order valence-corrected chi connectivity index (χ0v) is 17.1. The Morgan fingerprint density at radius 1 is 0.929 bits per heavy atom. The van der Waals surface area contributed by atoms with Crippen LogP contribution in [0, 0.1) is 11.6 Å². The van der Waals surface area contributed by atoms with Crippen LogP contribution in [0.4, 0.5) is 8.78 Å². The molecule has 1 rings (SSSR count). The molecule has 1 unspecified atom stereocenters. The molecule has 0 aliphatic carbocycles. The monoisotopic (exact) mass is 397 g/mol. The SMILES string of the molecule is CCCCCCCCCCCCOC(=O)C(C)NC(=O)c1ccc(F)c(F)c1. The van der Waals surface area contributed by atoms with Crippen molar-refractivity contribution in [2.24, 2.45) is 0 Å². The first-order chi connectivity index (χ1) is 13.5. The van der Waals surface area contributed by atoms with E-state index >= 15 is 0 Å². The van der Waals surface area contributed by atoms with E-state index in [1.165, 1.54) is 51.9 Å². The Bertz CT molecular complexity index is 607. The first kappa shape index (κ1) is 24.1. The van der Waals surface area contributed by atoms with E-state index in [9.17, 15) is 18.4 Å². The van der Waals surface area contributed by atoms with Gasteiger partial charge in [-0.15, -0.1) is 0 Å². The molecule has 158 valence electrons. The van der Waals surface area contributed by atoms with Crippen molar-refractivity contribution in [3.05, 3.63) is 35.4 Å². The van der Waals surface area contributed by atoms with Crippen LogP contribution in [0.2, 0.25) is 0 Å². The third-order valence-corrected chi connectivity index (χ3v) is 4.63. The molecule has 6 heteroatoms. The van der Waals surface area contributed by atoms with Gasteiger partial charge in [-0.3, -0.25) is 4.79 Å². The van der Waals surface area contributed by atoms with Crippen LogP contribution in [-0.2, 0) is 9.53 Å². The molecule has 0 spiro atoms. The quantitative estimate of drug-likeness (QED) is 0.331. The number of benzene rings is 1. The van der Waals surface area contributed by atoms with E-state index in [0.29, 0.717) is 6.61 Å². The molecule has 0 fully saturated rings. The Labute approximate surface area is 167 Å². The van der Waals surface area contributed by atoms with Crippen molar-refractivity contribution in [3.63, 3.8) is 0 Å². The highest BCUT2D eigenvalue weighted by Crippen LogP contribution is 2.11. The number of amides is 1. The molecule has 4 nitrogen and oxygen atoms in total. The zero-order valence-electron chi connectivity index (χ0n) is 17.1. The Balaban J connectivity index is 2.11. The van der Waals surface area contributed by atoms with Crippen molar-refractivity contribution in [2.45, 2.75) is 84.1 Å². The summed E-state index contributed by atoms with van der Waals surface area (Å²) in [6.45, 7) is 4.04. The van der Waals surface area contributed by atoms with E-state index in [4.69, 9.17) is 4.74 Å². The normalized spacial score (nSPS) is 11.9. The highest BCUT2D eigenvalue weighted by molar-refractivity contribution is 5.96. The van der Waals surface area contributed by atoms with Gasteiger partial charge in [0.25, 0.3) is 5.91 Å². The highest BCUT2D eigenvalue weighted by Gasteiger charge is 2.18. The number of nitrogens with one attached hydrogen (secondary N) is 1. The Hall–Kier alpha value is -1.98. The maximum Gasteiger partial charge on any atom is 0.328 e. The summed E-state index contributed by atoms with van der Waals surface area (Å²) in [6, 6.07) is 1.98. The topological polar surface area (TPSA) is 55.4 Å². The second-order valence-corrected chi connectivity index (χ2v) is 7.17. The number of hydrogen-bond acceptors (Lipinski definition) is 3. The number of rotatable bonds is 14. The van der Waals surface area contributed by atoms with Gasteiger partial charge in [0.05, 0.1) is 6.61 Å². The lowest BCUT2D eigenvalue weighted by atomic mass is 10.1. The number of halogens is 2. The van der Waals surface area contributed by atoms with Crippen LogP contribution < -0.4 is 5.32 Å². The minimum Gasteiger partial charge on any atom is -0.464 e. The van der Waals surface area contributed by atoms with Gasteiger partial charge in [-0.1, -0.05) is 64.7 Å². The predicted octanol–water partition coefficient (Wildman–Crippen LogP) is 5.55. The average Bonchev–Trinajstić information content (AvgIpc) is 2.67. The molecule has 1 N–H and O–H groups in total. The van der Waals surface area contributed by atoms with Crippen molar-refractivity contribution in [1.29, 1.82) is 0 Å². The fourth-order valence-electron chi connectivity index (χ4n) is 2.86. The first-order valence-corrected chi connectivity index (χ1v) is 10.4. The lowest BCUT2D eigenvalue weighted by Gasteiger charge is -2.13. The number of unbranched alkanes of at least 4 members (excludes halogenated alkanes) is 9. The molecule has 0 heterocycles. The lowest BCUT2D eigenvalue weighted by Crippen LogP contribution is -2.39. The summed E-state index contributed by atoms with van der Waals surface area (Å²) in [5, 5.41) is 2.43. The summed E-state index contributed by atoms with van der Waals surface area (Å²) in [5.41, 5.74) is -0.0479. The van der Waals surface area contributed by atoms with Gasteiger partial charge in [-0.05, 0) is 31.5 Å². The fourth-order valence-corrected chi connectivity index (χ4v) is 2.86. The molecule has 0 saturated carbocycles. The van der Waals surface area contributed by atoms with E-state index in [1.54, 1.807) is 0 Å². The summed E-state index contributed by atoms with van der Waals surface area (Å²) in [7, 11) is 0. The van der Waals surface area contributed by atoms with Crippen molar-refractivity contribution >= 4 is 11.9 Å². The number of esters is 1. The lowest BCUT2D eigenvalue weighted by molar-refractivity contribution is -0.145. The van der Waals surface area contributed by atoms with Gasteiger partial charge in [-0.2, -0.15) is 0 Å². The van der Waals surface area contributed by atoms with Gasteiger partial charge in [0.15, 0.2) is 11.6 Å². The standard InChI is InChI=1S/C22H33F2NO3/c1-3-4-5-6-7-8-9-10-11-12-15-28-22(27)17(2)25-21(26)18-13-14-19(23)20(24)16-18/h13-14,16-17H,3-12,15H2,1-2H3,(H,25,26). The van der Waals surface area contributed by atoms with Gasteiger partial charge < -0.3 is 10.1 Å². The van der Waals surface area contributed by atoms with Crippen molar-refractivity contribution in [2.75, 3.05) is 6.61 Å². The van der Waals surface area contributed by atoms with Gasteiger partial charge in [0.1, 0.15) is 6.04 Å². The number of carbonyl (C=O) groups is 2.